The van der Waals surface area contributed by atoms with Crippen molar-refractivity contribution in [1.82, 2.24) is 0 Å². The molecule has 1 saturated heterocycles. The third-order valence-electron chi connectivity index (χ3n) is 2.46. The number of hydrogen-bond acceptors (Lipinski definition) is 3. The van der Waals surface area contributed by atoms with E-state index < -0.39 is 9.84 Å². The molecule has 0 aromatic rings. The zero-order chi connectivity index (χ0) is 10.6. The van der Waals surface area contributed by atoms with Gasteiger partial charge in [-0.05, 0) is 18.8 Å². The van der Waals surface area contributed by atoms with Gasteiger partial charge in [0.2, 0.25) is 0 Å². The highest BCUT2D eigenvalue weighted by atomic mass is 35.5. The lowest BCUT2D eigenvalue weighted by molar-refractivity contribution is 0.0983. The Morgan fingerprint density at radius 3 is 2.50 bits per heavy atom. The molecule has 0 aliphatic carbocycles. The Hall–Kier alpha value is 0.200. The molecule has 1 heterocycles. The Labute approximate surface area is 90.7 Å². The molecule has 3 nitrogen and oxygen atoms in total. The van der Waals surface area contributed by atoms with Gasteiger partial charge in [-0.3, -0.25) is 0 Å². The molecular formula is C9H17ClO3S. The highest BCUT2D eigenvalue weighted by Crippen LogP contribution is 2.18. The summed E-state index contributed by atoms with van der Waals surface area (Å²) in [6.07, 6.45) is 1.27. The number of sulfone groups is 1. The fourth-order valence-electron chi connectivity index (χ4n) is 1.61. The van der Waals surface area contributed by atoms with Gasteiger partial charge in [-0.25, -0.2) is 8.42 Å². The van der Waals surface area contributed by atoms with E-state index in [1.807, 2.05) is 6.92 Å². The van der Waals surface area contributed by atoms with Gasteiger partial charge in [0.15, 0.2) is 9.84 Å². The summed E-state index contributed by atoms with van der Waals surface area (Å²) in [6, 6.07) is 0. The number of halogens is 1. The summed E-state index contributed by atoms with van der Waals surface area (Å²) in [5.41, 5.74) is 0. The maximum Gasteiger partial charge on any atom is 0.153 e. The molecule has 1 aliphatic rings. The molecule has 0 aromatic carbocycles. The summed E-state index contributed by atoms with van der Waals surface area (Å²) in [5.74, 6) is 0.661. The van der Waals surface area contributed by atoms with Crippen LogP contribution in [0.5, 0.6) is 0 Å². The Kier molecular flexibility index (Phi) is 4.67. The minimum absolute atomic E-state index is 0.0458. The van der Waals surface area contributed by atoms with Gasteiger partial charge in [0, 0.05) is 19.1 Å². The van der Waals surface area contributed by atoms with E-state index in [1.54, 1.807) is 0 Å². The van der Waals surface area contributed by atoms with Crippen LogP contribution < -0.4 is 0 Å². The first kappa shape index (κ1) is 12.3. The second-order valence-electron chi connectivity index (χ2n) is 3.90. The van der Waals surface area contributed by atoms with Crippen molar-refractivity contribution in [3.05, 3.63) is 0 Å². The molecule has 14 heavy (non-hydrogen) atoms. The minimum atomic E-state index is -2.96. The van der Waals surface area contributed by atoms with Gasteiger partial charge < -0.3 is 4.74 Å². The number of rotatable bonds is 4. The van der Waals surface area contributed by atoms with Crippen molar-refractivity contribution in [2.75, 3.05) is 24.8 Å². The van der Waals surface area contributed by atoms with Crippen molar-refractivity contribution >= 4 is 21.4 Å². The highest BCUT2D eigenvalue weighted by molar-refractivity contribution is 7.92. The normalized spacial score (nSPS) is 22.1. The van der Waals surface area contributed by atoms with Gasteiger partial charge >= 0.3 is 0 Å². The molecule has 5 heteroatoms. The van der Waals surface area contributed by atoms with Crippen LogP contribution in [0.2, 0.25) is 0 Å². The number of hydrogen-bond donors (Lipinski definition) is 0. The highest BCUT2D eigenvalue weighted by Gasteiger charge is 2.28. The van der Waals surface area contributed by atoms with Crippen LogP contribution >= 0.6 is 11.6 Å². The first-order chi connectivity index (χ1) is 6.56. The van der Waals surface area contributed by atoms with Crippen LogP contribution in [0.1, 0.15) is 19.8 Å². The van der Waals surface area contributed by atoms with Crippen LogP contribution in [-0.4, -0.2) is 38.5 Å². The van der Waals surface area contributed by atoms with Crippen LogP contribution in [0, 0.1) is 5.92 Å². The van der Waals surface area contributed by atoms with Crippen molar-refractivity contribution < 1.29 is 13.2 Å². The van der Waals surface area contributed by atoms with Crippen molar-refractivity contribution in [1.29, 1.82) is 0 Å². The summed E-state index contributed by atoms with van der Waals surface area (Å²) < 4.78 is 28.8. The summed E-state index contributed by atoms with van der Waals surface area (Å²) in [6.45, 7) is 3.00. The molecule has 0 bridgehead atoms. The maximum atomic E-state index is 11.8. The summed E-state index contributed by atoms with van der Waals surface area (Å²) in [5, 5.41) is -0.207. The molecule has 1 fully saturated rings. The SMILES string of the molecule is CC(CCl)CS(=O)(=O)C1CCOCC1. The number of ether oxygens (including phenoxy) is 1. The molecule has 0 spiro atoms. The molecule has 0 radical (unpaired) electrons. The summed E-state index contributed by atoms with van der Waals surface area (Å²) in [7, 11) is -2.96. The van der Waals surface area contributed by atoms with Crippen LogP contribution in [0.4, 0.5) is 0 Å². The van der Waals surface area contributed by atoms with E-state index in [-0.39, 0.29) is 16.9 Å². The largest absolute Gasteiger partial charge is 0.381 e. The monoisotopic (exact) mass is 240 g/mol. The lowest BCUT2D eigenvalue weighted by Crippen LogP contribution is -2.32. The molecule has 1 unspecified atom stereocenters. The van der Waals surface area contributed by atoms with Gasteiger partial charge in [0.05, 0.1) is 11.0 Å². The summed E-state index contributed by atoms with van der Waals surface area (Å²) in [4.78, 5) is 0. The van der Waals surface area contributed by atoms with E-state index in [9.17, 15) is 8.42 Å². The Morgan fingerprint density at radius 1 is 1.43 bits per heavy atom. The molecule has 0 saturated carbocycles. The van der Waals surface area contributed by atoms with Gasteiger partial charge in [0.25, 0.3) is 0 Å². The third kappa shape index (κ3) is 3.41. The zero-order valence-electron chi connectivity index (χ0n) is 8.41. The van der Waals surface area contributed by atoms with E-state index in [1.165, 1.54) is 0 Å². The van der Waals surface area contributed by atoms with Crippen LogP contribution in [0.15, 0.2) is 0 Å². The quantitative estimate of drug-likeness (QED) is 0.699. The lowest BCUT2D eigenvalue weighted by Gasteiger charge is -2.23. The fraction of sp³-hybridized carbons (Fsp3) is 1.00. The van der Waals surface area contributed by atoms with Crippen LogP contribution in [0.3, 0.4) is 0 Å². The maximum absolute atomic E-state index is 11.8. The average molecular weight is 241 g/mol. The third-order valence-corrected chi connectivity index (χ3v) is 5.50. The lowest BCUT2D eigenvalue weighted by atomic mass is 10.2. The van der Waals surface area contributed by atoms with Crippen molar-refractivity contribution in [3.63, 3.8) is 0 Å². The molecular weight excluding hydrogens is 224 g/mol. The van der Waals surface area contributed by atoms with Gasteiger partial charge in [-0.15, -0.1) is 11.6 Å². The molecule has 1 atom stereocenters. The second kappa shape index (κ2) is 5.33. The molecule has 0 amide bonds. The smallest absolute Gasteiger partial charge is 0.153 e. The molecule has 0 aromatic heterocycles. The van der Waals surface area contributed by atoms with E-state index in [4.69, 9.17) is 16.3 Å². The minimum Gasteiger partial charge on any atom is -0.381 e. The van der Waals surface area contributed by atoms with E-state index in [0.29, 0.717) is 31.9 Å². The Balaban J connectivity index is 2.54. The van der Waals surface area contributed by atoms with Gasteiger partial charge in [0.1, 0.15) is 0 Å². The fourth-order valence-corrected chi connectivity index (χ4v) is 3.94. The van der Waals surface area contributed by atoms with Gasteiger partial charge in [-0.1, -0.05) is 6.92 Å². The average Bonchev–Trinajstić information content (AvgIpc) is 2.18. The standard InChI is InChI=1S/C9H17ClO3S/c1-8(6-10)7-14(11,12)9-2-4-13-5-3-9/h8-9H,2-7H2,1H3. The Bertz CT molecular complexity index is 257. The topological polar surface area (TPSA) is 43.4 Å². The van der Waals surface area contributed by atoms with Gasteiger partial charge in [-0.2, -0.15) is 0 Å². The second-order valence-corrected chi connectivity index (χ2v) is 6.54. The first-order valence-corrected chi connectivity index (χ1v) is 7.16. The number of alkyl halides is 1. The van der Waals surface area contributed by atoms with Crippen LogP contribution in [-0.2, 0) is 14.6 Å². The summed E-state index contributed by atoms with van der Waals surface area (Å²) >= 11 is 5.61. The molecule has 84 valence electrons. The molecule has 0 N–H and O–H groups in total. The zero-order valence-corrected chi connectivity index (χ0v) is 9.98. The van der Waals surface area contributed by atoms with Crippen molar-refractivity contribution in [2.24, 2.45) is 5.92 Å². The van der Waals surface area contributed by atoms with E-state index >= 15 is 0 Å². The molecule has 1 rings (SSSR count). The van der Waals surface area contributed by atoms with Crippen LogP contribution in [0.25, 0.3) is 0 Å². The van der Waals surface area contributed by atoms with E-state index in [0.717, 1.165) is 0 Å². The Morgan fingerprint density at radius 2 is 2.00 bits per heavy atom. The van der Waals surface area contributed by atoms with Crippen molar-refractivity contribution in [3.8, 4) is 0 Å². The first-order valence-electron chi connectivity index (χ1n) is 4.91. The predicted octanol–water partition coefficient (Wildman–Crippen LogP) is 1.46. The predicted molar refractivity (Wildman–Crippen MR) is 57.5 cm³/mol. The van der Waals surface area contributed by atoms with Crippen molar-refractivity contribution in [2.45, 2.75) is 25.0 Å². The van der Waals surface area contributed by atoms with E-state index in [2.05, 4.69) is 0 Å². The molecule has 1 aliphatic heterocycles.